The fourth-order valence-corrected chi connectivity index (χ4v) is 4.34. The van der Waals surface area contributed by atoms with Gasteiger partial charge in [0, 0.05) is 31.8 Å². The van der Waals surface area contributed by atoms with Gasteiger partial charge >= 0.3 is 0 Å². The van der Waals surface area contributed by atoms with Crippen LogP contribution in [0.2, 0.25) is 0 Å². The number of methoxy groups -OCH3 is 1. The van der Waals surface area contributed by atoms with Crippen LogP contribution >= 0.6 is 0 Å². The summed E-state index contributed by atoms with van der Waals surface area (Å²) in [6.45, 7) is 3.94. The summed E-state index contributed by atoms with van der Waals surface area (Å²) in [5.74, 6) is -0.240. The van der Waals surface area contributed by atoms with Crippen molar-refractivity contribution in [3.8, 4) is 11.3 Å². The molecule has 3 aromatic rings. The highest BCUT2D eigenvalue weighted by Gasteiger charge is 2.30. The highest BCUT2D eigenvalue weighted by atomic mass is 19.1. The minimum atomic E-state index is -0.539. The molecule has 2 aromatic carbocycles. The highest BCUT2D eigenvalue weighted by Crippen LogP contribution is 2.35. The first-order valence-corrected chi connectivity index (χ1v) is 11.4. The Kier molecular flexibility index (Phi) is 7.40. The Morgan fingerprint density at radius 3 is 2.67 bits per heavy atom. The second kappa shape index (κ2) is 10.6. The molecule has 0 saturated carbocycles. The molecule has 0 radical (unpaired) electrons. The molecule has 0 spiro atoms. The van der Waals surface area contributed by atoms with E-state index in [0.29, 0.717) is 30.8 Å². The van der Waals surface area contributed by atoms with Crippen molar-refractivity contribution in [2.75, 3.05) is 31.7 Å². The van der Waals surface area contributed by atoms with E-state index >= 15 is 0 Å². The summed E-state index contributed by atoms with van der Waals surface area (Å²) in [7, 11) is 1.58. The molecule has 0 aliphatic carbocycles. The predicted molar refractivity (Wildman–Crippen MR) is 126 cm³/mol. The lowest BCUT2D eigenvalue weighted by molar-refractivity contribution is 0.0676. The van der Waals surface area contributed by atoms with Gasteiger partial charge in [-0.15, -0.1) is 0 Å². The third-order valence-electron chi connectivity index (χ3n) is 6.18. The molecule has 0 unspecified atom stereocenters. The van der Waals surface area contributed by atoms with Crippen LogP contribution in [-0.4, -0.2) is 48.8 Å². The molecular weight excluding hydrogens is 421 g/mol. The Morgan fingerprint density at radius 2 is 1.94 bits per heavy atom. The summed E-state index contributed by atoms with van der Waals surface area (Å²) < 4.78 is 25.6. The molecule has 2 heterocycles. The van der Waals surface area contributed by atoms with Crippen LogP contribution in [0.15, 0.2) is 59.1 Å². The van der Waals surface area contributed by atoms with Crippen molar-refractivity contribution in [1.29, 1.82) is 0 Å². The third-order valence-corrected chi connectivity index (χ3v) is 6.18. The smallest absolute Gasteiger partial charge is 0.257 e. The summed E-state index contributed by atoms with van der Waals surface area (Å²) in [6, 6.07) is 16.2. The molecular formula is C26H30FN3O3. The molecule has 1 aliphatic rings. The first kappa shape index (κ1) is 23.0. The first-order chi connectivity index (χ1) is 16.1. The van der Waals surface area contributed by atoms with Gasteiger partial charge in [0.25, 0.3) is 5.91 Å². The topological polar surface area (TPSA) is 58.8 Å². The van der Waals surface area contributed by atoms with Crippen molar-refractivity contribution in [3.63, 3.8) is 0 Å². The molecule has 6 nitrogen and oxygen atoms in total. The van der Waals surface area contributed by atoms with E-state index in [2.05, 4.69) is 17.0 Å². The van der Waals surface area contributed by atoms with Gasteiger partial charge in [0.15, 0.2) is 0 Å². The van der Waals surface area contributed by atoms with Crippen LogP contribution in [-0.2, 0) is 11.3 Å². The van der Waals surface area contributed by atoms with Crippen LogP contribution < -0.4 is 4.90 Å². The van der Waals surface area contributed by atoms with Crippen molar-refractivity contribution in [3.05, 3.63) is 71.5 Å². The summed E-state index contributed by atoms with van der Waals surface area (Å²) in [4.78, 5) is 17.2. The largest absolute Gasteiger partial charge is 0.383 e. The molecule has 0 N–H and O–H groups in total. The second-order valence-corrected chi connectivity index (χ2v) is 8.42. The maximum absolute atomic E-state index is 14.4. The van der Waals surface area contributed by atoms with Gasteiger partial charge in [-0.1, -0.05) is 47.6 Å². The Morgan fingerprint density at radius 1 is 1.18 bits per heavy atom. The second-order valence-electron chi connectivity index (χ2n) is 8.42. The number of piperidine rings is 1. The zero-order valence-electron chi connectivity index (χ0n) is 19.2. The number of aromatic nitrogens is 1. The van der Waals surface area contributed by atoms with Crippen molar-refractivity contribution < 1.29 is 18.4 Å². The van der Waals surface area contributed by atoms with E-state index in [-0.39, 0.29) is 18.0 Å². The molecule has 1 aromatic heterocycles. The predicted octanol–water partition coefficient (Wildman–Crippen LogP) is 5.15. The van der Waals surface area contributed by atoms with Crippen molar-refractivity contribution in [1.82, 2.24) is 10.1 Å². The van der Waals surface area contributed by atoms with Gasteiger partial charge in [0.1, 0.15) is 11.5 Å². The zero-order chi connectivity index (χ0) is 23.2. The molecule has 4 rings (SSSR count). The van der Waals surface area contributed by atoms with E-state index in [1.165, 1.54) is 18.6 Å². The van der Waals surface area contributed by atoms with Crippen LogP contribution in [0.1, 0.15) is 42.1 Å². The normalized spacial score (nSPS) is 16.1. The van der Waals surface area contributed by atoms with Gasteiger partial charge in [-0.3, -0.25) is 4.79 Å². The van der Waals surface area contributed by atoms with Crippen molar-refractivity contribution in [2.45, 2.75) is 38.8 Å². The Hall–Kier alpha value is -3.19. The number of benzene rings is 2. The van der Waals surface area contributed by atoms with E-state index < -0.39 is 5.82 Å². The fourth-order valence-electron chi connectivity index (χ4n) is 4.34. The average Bonchev–Trinajstić information content (AvgIpc) is 3.25. The number of carbonyl (C=O) groups excluding carboxylic acids is 1. The molecule has 1 atom stereocenters. The molecule has 1 fully saturated rings. The number of halogens is 1. The average molecular weight is 452 g/mol. The van der Waals surface area contributed by atoms with Gasteiger partial charge in [-0.05, 0) is 38.3 Å². The number of hydrogen-bond donors (Lipinski definition) is 0. The minimum absolute atomic E-state index is 0.0409. The van der Waals surface area contributed by atoms with Crippen molar-refractivity contribution >= 4 is 11.8 Å². The van der Waals surface area contributed by atoms with E-state index in [4.69, 9.17) is 9.26 Å². The standard InChI is InChI=1S/C26H30FN3O3/c1-19-10-8-9-15-30(19)26-22(24(28-33-26)20-11-4-3-5-12-20)18-29(16-17-32-2)25(31)21-13-6-7-14-23(21)27/h3-7,11-14,19H,8-10,15-18H2,1-2H3/t19-/m0/s1. The lowest BCUT2D eigenvalue weighted by Gasteiger charge is -2.34. The van der Waals surface area contributed by atoms with Crippen LogP contribution in [0.5, 0.6) is 0 Å². The Bertz CT molecular complexity index is 1070. The van der Waals surface area contributed by atoms with E-state index in [1.807, 2.05) is 30.3 Å². The van der Waals surface area contributed by atoms with Gasteiger partial charge in [-0.2, -0.15) is 0 Å². The highest BCUT2D eigenvalue weighted by molar-refractivity contribution is 5.94. The number of nitrogens with zero attached hydrogens (tertiary/aromatic N) is 3. The number of hydrogen-bond acceptors (Lipinski definition) is 5. The van der Waals surface area contributed by atoms with Gasteiger partial charge in [0.2, 0.25) is 5.88 Å². The fraction of sp³-hybridized carbons (Fsp3) is 0.385. The number of anilines is 1. The van der Waals surface area contributed by atoms with Gasteiger partial charge in [0.05, 0.1) is 24.3 Å². The summed E-state index contributed by atoms with van der Waals surface area (Å²) in [5, 5.41) is 4.42. The van der Waals surface area contributed by atoms with Crippen LogP contribution in [0.4, 0.5) is 10.3 Å². The molecule has 1 saturated heterocycles. The number of amides is 1. The Labute approximate surface area is 193 Å². The molecule has 174 valence electrons. The monoisotopic (exact) mass is 451 g/mol. The summed E-state index contributed by atoms with van der Waals surface area (Å²) in [5.41, 5.74) is 2.49. The summed E-state index contributed by atoms with van der Waals surface area (Å²) in [6.07, 6.45) is 3.33. The third kappa shape index (κ3) is 5.09. The van der Waals surface area contributed by atoms with Gasteiger partial charge in [-0.25, -0.2) is 4.39 Å². The van der Waals surface area contributed by atoms with E-state index in [9.17, 15) is 9.18 Å². The maximum Gasteiger partial charge on any atom is 0.257 e. The molecule has 1 amide bonds. The van der Waals surface area contributed by atoms with Crippen LogP contribution in [0, 0.1) is 5.82 Å². The molecule has 1 aliphatic heterocycles. The van der Waals surface area contributed by atoms with Crippen LogP contribution in [0.3, 0.4) is 0 Å². The van der Waals surface area contributed by atoms with E-state index in [0.717, 1.165) is 30.5 Å². The lowest BCUT2D eigenvalue weighted by Crippen LogP contribution is -2.39. The zero-order valence-corrected chi connectivity index (χ0v) is 19.2. The van der Waals surface area contributed by atoms with Crippen molar-refractivity contribution in [2.24, 2.45) is 0 Å². The number of rotatable bonds is 8. The first-order valence-electron chi connectivity index (χ1n) is 11.4. The Balaban J connectivity index is 1.74. The van der Waals surface area contributed by atoms with Gasteiger partial charge < -0.3 is 19.1 Å². The molecule has 33 heavy (non-hydrogen) atoms. The molecule has 0 bridgehead atoms. The maximum atomic E-state index is 14.4. The lowest BCUT2D eigenvalue weighted by atomic mass is 10.0. The van der Waals surface area contributed by atoms with E-state index in [1.54, 1.807) is 24.1 Å². The number of ether oxygens (including phenoxy) is 1. The van der Waals surface area contributed by atoms with Crippen LogP contribution in [0.25, 0.3) is 11.3 Å². The SMILES string of the molecule is COCCN(Cc1c(-c2ccccc2)noc1N1CCCC[C@@H]1C)C(=O)c1ccccc1F. The molecule has 7 heteroatoms. The minimum Gasteiger partial charge on any atom is -0.383 e. The summed E-state index contributed by atoms with van der Waals surface area (Å²) >= 11 is 0. The number of carbonyl (C=O) groups is 1. The quantitative estimate of drug-likeness (QED) is 0.474.